The fraction of sp³-hybridized carbons (Fsp3) is 0.156. The zero-order valence-corrected chi connectivity index (χ0v) is 22.6. The molecule has 198 valence electrons. The Kier molecular flexibility index (Phi) is 9.26. The normalized spacial score (nSPS) is 10.6. The Balaban J connectivity index is 0.00000112. The molecule has 0 saturated heterocycles. The largest absolute Gasteiger partial charge is 0.338 e. The summed E-state index contributed by atoms with van der Waals surface area (Å²) in [5, 5.41) is 9.92. The molecule has 6 nitrogen and oxygen atoms in total. The molecule has 7 heteroatoms. The van der Waals surface area contributed by atoms with Crippen molar-refractivity contribution in [3.8, 4) is 22.5 Å². The molecule has 1 aromatic heterocycles. The zero-order chi connectivity index (χ0) is 27.8. The number of para-hydroxylation sites is 2. The molecular formula is C32H30ClN3O3. The average Bonchev–Trinajstić information content (AvgIpc) is 3.40. The van der Waals surface area contributed by atoms with E-state index in [4.69, 9.17) is 11.6 Å². The number of nitrogens with zero attached hydrogens (tertiary/aromatic N) is 1. The number of Topliss-reactive ketones (excluding diaryl/α,β-unsaturated/α-hetero) is 1. The molecule has 0 spiro atoms. The van der Waals surface area contributed by atoms with Gasteiger partial charge in [0, 0.05) is 22.6 Å². The summed E-state index contributed by atoms with van der Waals surface area (Å²) in [5.41, 5.74) is 6.87. The third-order valence-corrected chi connectivity index (χ3v) is 6.32. The summed E-state index contributed by atoms with van der Waals surface area (Å²) in [6.45, 7) is 4.25. The number of hydrogen-bond donors (Lipinski definition) is 3. The van der Waals surface area contributed by atoms with Gasteiger partial charge < -0.3 is 4.98 Å². The number of nitrogens with one attached hydrogen (secondary N) is 2. The highest BCUT2D eigenvalue weighted by Crippen LogP contribution is 2.36. The Bertz CT molecular complexity index is 1560. The molecular weight excluding hydrogens is 510 g/mol. The zero-order valence-electron chi connectivity index (χ0n) is 21.9. The molecule has 0 radical (unpaired) electrons. The number of benzene rings is 4. The third-order valence-electron chi connectivity index (χ3n) is 6.09. The van der Waals surface area contributed by atoms with E-state index in [-0.39, 0.29) is 11.3 Å². The topological polar surface area (TPSA) is 95.1 Å². The van der Waals surface area contributed by atoms with Crippen LogP contribution < -0.4 is 5.48 Å². The molecule has 5 aromatic rings. The highest BCUT2D eigenvalue weighted by molar-refractivity contribution is 6.31. The van der Waals surface area contributed by atoms with Gasteiger partial charge >= 0.3 is 0 Å². The number of imidazole rings is 1. The van der Waals surface area contributed by atoms with Crippen LogP contribution in [-0.2, 0) is 6.42 Å². The monoisotopic (exact) mass is 539 g/mol. The number of hydrogen-bond acceptors (Lipinski definition) is 4. The Morgan fingerprint density at radius 2 is 1.56 bits per heavy atom. The van der Waals surface area contributed by atoms with Crippen molar-refractivity contribution in [2.24, 2.45) is 0 Å². The van der Waals surface area contributed by atoms with Crippen LogP contribution in [0.3, 0.4) is 0 Å². The first-order valence-corrected chi connectivity index (χ1v) is 13.2. The summed E-state index contributed by atoms with van der Waals surface area (Å²) in [7, 11) is 0. The van der Waals surface area contributed by atoms with E-state index in [1.54, 1.807) is 29.7 Å². The van der Waals surface area contributed by atoms with Gasteiger partial charge in [0.15, 0.2) is 5.78 Å². The van der Waals surface area contributed by atoms with Crippen LogP contribution in [0.25, 0.3) is 33.5 Å². The van der Waals surface area contributed by atoms with E-state index in [1.165, 1.54) is 12.5 Å². The van der Waals surface area contributed by atoms with Gasteiger partial charge in [0.2, 0.25) is 0 Å². The molecule has 0 fully saturated rings. The minimum absolute atomic E-state index is 0.0963. The van der Waals surface area contributed by atoms with Gasteiger partial charge in [0.25, 0.3) is 5.91 Å². The first kappa shape index (κ1) is 27.8. The second-order valence-electron chi connectivity index (χ2n) is 9.11. The lowest BCUT2D eigenvalue weighted by Crippen LogP contribution is -2.20. The maximum Gasteiger partial charge on any atom is 0.275 e. The van der Waals surface area contributed by atoms with E-state index in [2.05, 4.69) is 23.8 Å². The summed E-state index contributed by atoms with van der Waals surface area (Å²) in [5.74, 6) is -0.208. The molecule has 39 heavy (non-hydrogen) atoms. The Morgan fingerprint density at radius 1 is 0.872 bits per heavy atom. The Hall–Kier alpha value is -4.26. The van der Waals surface area contributed by atoms with Gasteiger partial charge in [0.05, 0.1) is 16.6 Å². The van der Waals surface area contributed by atoms with Crippen molar-refractivity contribution in [1.29, 1.82) is 0 Å². The Labute approximate surface area is 232 Å². The predicted octanol–water partition coefficient (Wildman–Crippen LogP) is 7.90. The number of aromatic nitrogens is 2. The number of carbonyl (C=O) groups excluding carboxylic acids is 2. The molecule has 0 bridgehead atoms. The number of carbonyl (C=O) groups is 2. The van der Waals surface area contributed by atoms with Crippen LogP contribution >= 0.6 is 11.6 Å². The van der Waals surface area contributed by atoms with E-state index in [0.29, 0.717) is 40.4 Å². The smallest absolute Gasteiger partial charge is 0.275 e. The van der Waals surface area contributed by atoms with Crippen molar-refractivity contribution >= 4 is 34.3 Å². The molecule has 4 aromatic carbocycles. The summed E-state index contributed by atoms with van der Waals surface area (Å²) in [4.78, 5) is 33.6. The molecule has 0 aliphatic heterocycles. The summed E-state index contributed by atoms with van der Waals surface area (Å²) >= 11 is 6.35. The van der Waals surface area contributed by atoms with Crippen LogP contribution in [-0.4, -0.2) is 26.9 Å². The van der Waals surface area contributed by atoms with Crippen LogP contribution in [0.15, 0.2) is 91.0 Å². The van der Waals surface area contributed by atoms with E-state index >= 15 is 0 Å². The number of amides is 1. The first-order valence-electron chi connectivity index (χ1n) is 12.9. The summed E-state index contributed by atoms with van der Waals surface area (Å²) in [6, 6.07) is 27.6. The van der Waals surface area contributed by atoms with Crippen molar-refractivity contribution in [1.82, 2.24) is 15.4 Å². The van der Waals surface area contributed by atoms with Gasteiger partial charge in [-0.1, -0.05) is 86.5 Å². The number of hydroxylamine groups is 1. The lowest BCUT2D eigenvalue weighted by Gasteiger charge is -2.14. The fourth-order valence-corrected chi connectivity index (χ4v) is 4.45. The van der Waals surface area contributed by atoms with Gasteiger partial charge in [0.1, 0.15) is 5.82 Å². The van der Waals surface area contributed by atoms with E-state index in [9.17, 15) is 14.8 Å². The van der Waals surface area contributed by atoms with Crippen molar-refractivity contribution in [3.63, 3.8) is 0 Å². The van der Waals surface area contributed by atoms with Crippen LogP contribution in [0.5, 0.6) is 0 Å². The second-order valence-corrected chi connectivity index (χ2v) is 9.55. The maximum absolute atomic E-state index is 12.9. The SMILES string of the molecule is CCC.O=C(CCc1ccccc1)c1ccc(-c2cc(Cl)ccc2-c2nc3ccccc3[nH]2)c(C(=O)NO)c1. The molecule has 1 amide bonds. The number of rotatable bonds is 7. The number of aromatic amines is 1. The Morgan fingerprint density at radius 3 is 2.28 bits per heavy atom. The molecule has 0 saturated carbocycles. The minimum Gasteiger partial charge on any atom is -0.338 e. The summed E-state index contributed by atoms with van der Waals surface area (Å²) < 4.78 is 0. The standard InChI is InChI=1S/C29H22ClN3O3.C3H8/c30-20-12-14-22(28-31-25-8-4-5-9-26(25)32-28)23(17-20)21-13-11-19(16-24(21)29(35)33-36)27(34)15-10-18-6-2-1-3-7-18;1-3-2/h1-9,11-14,16-17,36H,10,15H2,(H,31,32)(H,33,35);3H2,1-2H3. The van der Waals surface area contributed by atoms with E-state index in [1.807, 2.05) is 60.7 Å². The number of halogens is 1. The van der Waals surface area contributed by atoms with Gasteiger partial charge in [-0.2, -0.15) is 0 Å². The lowest BCUT2D eigenvalue weighted by molar-refractivity contribution is 0.0707. The minimum atomic E-state index is -0.724. The average molecular weight is 540 g/mol. The van der Waals surface area contributed by atoms with Crippen molar-refractivity contribution in [2.45, 2.75) is 33.1 Å². The summed E-state index contributed by atoms with van der Waals surface area (Å²) in [6.07, 6.45) is 2.14. The molecule has 1 heterocycles. The highest BCUT2D eigenvalue weighted by Gasteiger charge is 2.20. The number of ketones is 1. The van der Waals surface area contributed by atoms with Crippen LogP contribution in [0.1, 0.15) is 53.0 Å². The van der Waals surface area contributed by atoms with Crippen LogP contribution in [0, 0.1) is 0 Å². The van der Waals surface area contributed by atoms with E-state index < -0.39 is 5.91 Å². The molecule has 5 rings (SSSR count). The molecule has 0 aliphatic carbocycles. The highest BCUT2D eigenvalue weighted by atomic mass is 35.5. The number of aryl methyl sites for hydroxylation is 1. The molecule has 0 atom stereocenters. The van der Waals surface area contributed by atoms with E-state index in [0.717, 1.165) is 22.2 Å². The quantitative estimate of drug-likeness (QED) is 0.111. The maximum atomic E-state index is 12.9. The van der Waals surface area contributed by atoms with Crippen LogP contribution in [0.4, 0.5) is 0 Å². The third kappa shape index (κ3) is 6.60. The van der Waals surface area contributed by atoms with Gasteiger partial charge in [-0.3, -0.25) is 14.8 Å². The lowest BCUT2D eigenvalue weighted by atomic mass is 9.91. The van der Waals surface area contributed by atoms with Gasteiger partial charge in [-0.05, 0) is 59.5 Å². The van der Waals surface area contributed by atoms with Gasteiger partial charge in [-0.25, -0.2) is 10.5 Å². The fourth-order valence-electron chi connectivity index (χ4n) is 4.27. The van der Waals surface area contributed by atoms with Crippen molar-refractivity contribution in [2.75, 3.05) is 0 Å². The number of H-pyrrole nitrogens is 1. The molecule has 0 unspecified atom stereocenters. The molecule has 3 N–H and O–H groups in total. The van der Waals surface area contributed by atoms with Crippen LogP contribution in [0.2, 0.25) is 5.02 Å². The predicted molar refractivity (Wildman–Crippen MR) is 156 cm³/mol. The van der Waals surface area contributed by atoms with Crippen molar-refractivity contribution in [3.05, 3.63) is 113 Å². The van der Waals surface area contributed by atoms with Crippen molar-refractivity contribution < 1.29 is 14.8 Å². The first-order chi connectivity index (χ1) is 18.9. The number of fused-ring (bicyclic) bond motifs is 1. The second kappa shape index (κ2) is 13.0. The van der Waals surface area contributed by atoms with Gasteiger partial charge in [-0.15, -0.1) is 0 Å². The molecule has 0 aliphatic rings.